The van der Waals surface area contributed by atoms with E-state index in [1.807, 2.05) is 0 Å². The minimum absolute atomic E-state index is 0.0135. The Hall–Kier alpha value is -0.340. The van der Waals surface area contributed by atoms with E-state index in [0.29, 0.717) is 17.8 Å². The lowest BCUT2D eigenvalue weighted by atomic mass is 9.39. The Labute approximate surface area is 135 Å². The highest BCUT2D eigenvalue weighted by atomic mass is 16.3. The minimum atomic E-state index is -0.206. The zero-order chi connectivity index (χ0) is 15.9. The summed E-state index contributed by atoms with van der Waals surface area (Å²) in [6.45, 7) is 11.4. The Balaban J connectivity index is 1.82. The van der Waals surface area contributed by atoms with E-state index in [-0.39, 0.29) is 28.5 Å². The summed E-state index contributed by atoms with van der Waals surface area (Å²) in [7, 11) is 0. The third-order valence-corrected chi connectivity index (χ3v) is 8.61. The molecule has 0 saturated heterocycles. The lowest BCUT2D eigenvalue weighted by Crippen LogP contribution is -2.65. The molecule has 4 aliphatic rings. The molecule has 2 heteroatoms. The largest absolute Gasteiger partial charge is 0.393 e. The van der Waals surface area contributed by atoms with Gasteiger partial charge >= 0.3 is 0 Å². The number of aliphatic hydroxyl groups excluding tert-OH is 2. The molecule has 0 aromatic rings. The van der Waals surface area contributed by atoms with E-state index in [4.69, 9.17) is 0 Å². The van der Waals surface area contributed by atoms with Crippen LogP contribution in [0.1, 0.15) is 65.7 Å². The van der Waals surface area contributed by atoms with Crippen molar-refractivity contribution in [2.45, 2.75) is 77.9 Å². The molecule has 0 radical (unpaired) electrons. The quantitative estimate of drug-likeness (QED) is 0.666. The van der Waals surface area contributed by atoms with Gasteiger partial charge in [-0.25, -0.2) is 0 Å². The number of hydrogen-bond donors (Lipinski definition) is 2. The molecule has 7 unspecified atom stereocenters. The van der Waals surface area contributed by atoms with Gasteiger partial charge in [-0.2, -0.15) is 0 Å². The Bertz CT molecular complexity index is 510. The second-order valence-corrected chi connectivity index (χ2v) is 9.81. The number of fused-ring (bicyclic) bond motifs is 3. The van der Waals surface area contributed by atoms with Crippen LogP contribution >= 0.6 is 0 Å². The van der Waals surface area contributed by atoms with E-state index in [9.17, 15) is 10.2 Å². The lowest BCUT2D eigenvalue weighted by Gasteiger charge is -2.66. The van der Waals surface area contributed by atoms with Crippen molar-refractivity contribution in [3.05, 3.63) is 12.2 Å². The SMILES string of the molecule is C=C1CC23CC1CCC2C1(C)C(O)CCC(C)(C)C1CC3O. The molecule has 0 heterocycles. The molecule has 0 aromatic carbocycles. The highest BCUT2D eigenvalue weighted by Crippen LogP contribution is 2.71. The number of aliphatic hydroxyl groups is 2. The zero-order valence-electron chi connectivity index (χ0n) is 14.4. The summed E-state index contributed by atoms with van der Waals surface area (Å²) in [5, 5.41) is 22.2. The first kappa shape index (κ1) is 15.2. The van der Waals surface area contributed by atoms with E-state index < -0.39 is 0 Å². The molecule has 124 valence electrons. The summed E-state index contributed by atoms with van der Waals surface area (Å²) >= 11 is 0. The Kier molecular flexibility index (Phi) is 3.03. The average molecular weight is 304 g/mol. The third-order valence-electron chi connectivity index (χ3n) is 8.61. The van der Waals surface area contributed by atoms with Gasteiger partial charge in [0.15, 0.2) is 0 Å². The van der Waals surface area contributed by atoms with Crippen molar-refractivity contribution in [2.75, 3.05) is 0 Å². The van der Waals surface area contributed by atoms with Crippen LogP contribution in [0.2, 0.25) is 0 Å². The molecule has 0 aromatic heterocycles. The van der Waals surface area contributed by atoms with Gasteiger partial charge in [0.25, 0.3) is 0 Å². The molecule has 4 fully saturated rings. The Morgan fingerprint density at radius 3 is 2.45 bits per heavy atom. The highest BCUT2D eigenvalue weighted by molar-refractivity contribution is 5.25. The predicted octanol–water partition coefficient (Wildman–Crippen LogP) is 3.92. The number of hydrogen-bond acceptors (Lipinski definition) is 2. The van der Waals surface area contributed by atoms with E-state index in [2.05, 4.69) is 27.4 Å². The zero-order valence-corrected chi connectivity index (χ0v) is 14.4. The van der Waals surface area contributed by atoms with E-state index in [0.717, 1.165) is 32.1 Å². The van der Waals surface area contributed by atoms with Crippen LogP contribution in [0.25, 0.3) is 0 Å². The maximum Gasteiger partial charge on any atom is 0.0605 e. The van der Waals surface area contributed by atoms with Gasteiger partial charge < -0.3 is 10.2 Å². The molecule has 7 atom stereocenters. The maximum absolute atomic E-state index is 11.1. The summed E-state index contributed by atoms with van der Waals surface area (Å²) in [6, 6.07) is 0. The van der Waals surface area contributed by atoms with Gasteiger partial charge in [0.05, 0.1) is 12.2 Å². The molecular weight excluding hydrogens is 272 g/mol. The van der Waals surface area contributed by atoms with Crippen molar-refractivity contribution in [1.82, 2.24) is 0 Å². The standard InChI is InChI=1S/C20H32O2/c1-12-10-20-11-13(12)5-6-14(20)19(4)15(9-17(20)22)18(2,3)8-7-16(19)21/h13-17,21-22H,1,5-11H2,2-4H3. The molecule has 2 nitrogen and oxygen atoms in total. The smallest absolute Gasteiger partial charge is 0.0605 e. The van der Waals surface area contributed by atoms with Crippen molar-refractivity contribution in [3.8, 4) is 0 Å². The molecule has 0 aliphatic heterocycles. The van der Waals surface area contributed by atoms with Crippen LogP contribution in [0.4, 0.5) is 0 Å². The van der Waals surface area contributed by atoms with Crippen LogP contribution in [-0.4, -0.2) is 22.4 Å². The average Bonchev–Trinajstić information content (AvgIpc) is 2.70. The molecular formula is C20H32O2. The fourth-order valence-electron chi connectivity index (χ4n) is 7.46. The van der Waals surface area contributed by atoms with Crippen LogP contribution in [0.5, 0.6) is 0 Å². The molecule has 2 bridgehead atoms. The van der Waals surface area contributed by atoms with Crippen molar-refractivity contribution in [1.29, 1.82) is 0 Å². The van der Waals surface area contributed by atoms with E-state index in [1.54, 1.807) is 0 Å². The van der Waals surface area contributed by atoms with Crippen LogP contribution in [0, 0.1) is 34.0 Å². The second kappa shape index (κ2) is 4.39. The first-order chi connectivity index (χ1) is 10.2. The lowest BCUT2D eigenvalue weighted by molar-refractivity contribution is -0.233. The fourth-order valence-corrected chi connectivity index (χ4v) is 7.46. The molecule has 4 rings (SSSR count). The first-order valence-electron chi connectivity index (χ1n) is 9.25. The summed E-state index contributed by atoms with van der Waals surface area (Å²) in [5.74, 6) is 1.51. The predicted molar refractivity (Wildman–Crippen MR) is 88.3 cm³/mol. The van der Waals surface area contributed by atoms with Crippen molar-refractivity contribution >= 4 is 0 Å². The van der Waals surface area contributed by atoms with Crippen molar-refractivity contribution in [3.63, 3.8) is 0 Å². The van der Waals surface area contributed by atoms with Crippen LogP contribution in [0.15, 0.2) is 12.2 Å². The molecule has 0 amide bonds. The van der Waals surface area contributed by atoms with Crippen LogP contribution < -0.4 is 0 Å². The van der Waals surface area contributed by atoms with Gasteiger partial charge in [-0.1, -0.05) is 32.9 Å². The van der Waals surface area contributed by atoms with Gasteiger partial charge in [0.1, 0.15) is 0 Å². The second-order valence-electron chi connectivity index (χ2n) is 9.81. The molecule has 4 saturated carbocycles. The summed E-state index contributed by atoms with van der Waals surface area (Å²) in [4.78, 5) is 0. The Morgan fingerprint density at radius 2 is 1.73 bits per heavy atom. The van der Waals surface area contributed by atoms with Crippen molar-refractivity contribution < 1.29 is 10.2 Å². The number of rotatable bonds is 0. The van der Waals surface area contributed by atoms with Gasteiger partial charge in [-0.15, -0.1) is 0 Å². The van der Waals surface area contributed by atoms with E-state index >= 15 is 0 Å². The monoisotopic (exact) mass is 304 g/mol. The fraction of sp³-hybridized carbons (Fsp3) is 0.900. The third kappa shape index (κ3) is 1.64. The minimum Gasteiger partial charge on any atom is -0.393 e. The highest BCUT2D eigenvalue weighted by Gasteiger charge is 2.68. The molecule has 22 heavy (non-hydrogen) atoms. The maximum atomic E-state index is 11.1. The van der Waals surface area contributed by atoms with Gasteiger partial charge in [0.2, 0.25) is 0 Å². The van der Waals surface area contributed by atoms with Gasteiger partial charge in [-0.3, -0.25) is 0 Å². The van der Waals surface area contributed by atoms with Gasteiger partial charge in [-0.05, 0) is 68.1 Å². The topological polar surface area (TPSA) is 40.5 Å². The molecule has 4 aliphatic carbocycles. The summed E-state index contributed by atoms with van der Waals surface area (Å²) < 4.78 is 0. The summed E-state index contributed by atoms with van der Waals surface area (Å²) in [5.41, 5.74) is 1.58. The first-order valence-corrected chi connectivity index (χ1v) is 9.25. The van der Waals surface area contributed by atoms with Crippen molar-refractivity contribution in [2.24, 2.45) is 34.0 Å². The molecule has 2 N–H and O–H groups in total. The normalized spacial score (nSPS) is 56.4. The number of allylic oxidation sites excluding steroid dienone is 1. The summed E-state index contributed by atoms with van der Waals surface area (Å²) in [6.07, 6.45) is 6.97. The van der Waals surface area contributed by atoms with Crippen LogP contribution in [-0.2, 0) is 0 Å². The molecule has 1 spiro atoms. The van der Waals surface area contributed by atoms with Gasteiger partial charge in [0, 0.05) is 10.8 Å². The van der Waals surface area contributed by atoms with Crippen LogP contribution in [0.3, 0.4) is 0 Å². The Morgan fingerprint density at radius 1 is 1.00 bits per heavy atom. The van der Waals surface area contributed by atoms with E-state index in [1.165, 1.54) is 18.4 Å².